The van der Waals surface area contributed by atoms with Crippen molar-refractivity contribution < 1.29 is 4.39 Å². The fourth-order valence-electron chi connectivity index (χ4n) is 2.15. The highest BCUT2D eigenvalue weighted by atomic mass is 35.5. The lowest BCUT2D eigenvalue weighted by Crippen LogP contribution is -2.44. The van der Waals surface area contributed by atoms with Crippen molar-refractivity contribution in [1.29, 1.82) is 0 Å². The summed E-state index contributed by atoms with van der Waals surface area (Å²) in [6.45, 7) is 2.46. The van der Waals surface area contributed by atoms with Gasteiger partial charge in [0.2, 0.25) is 0 Å². The molecule has 0 amide bonds. The minimum absolute atomic E-state index is 0.228. The Labute approximate surface area is 123 Å². The Kier molecular flexibility index (Phi) is 4.63. The van der Waals surface area contributed by atoms with Gasteiger partial charge in [-0.05, 0) is 55.3 Å². The van der Waals surface area contributed by atoms with Crippen LogP contribution in [0.2, 0.25) is 5.02 Å². The van der Waals surface area contributed by atoms with Gasteiger partial charge in [-0.3, -0.25) is 0 Å². The fraction of sp³-hybridized carbons (Fsp3) is 0.250. The molecule has 0 bridgehead atoms. The Bertz CT molecular complexity index is 571. The lowest BCUT2D eigenvalue weighted by atomic mass is 9.92. The second-order valence-electron chi connectivity index (χ2n) is 5.20. The molecule has 3 N–H and O–H groups in total. The third kappa shape index (κ3) is 3.95. The van der Waals surface area contributed by atoms with Gasteiger partial charge in [-0.15, -0.1) is 0 Å². The average Bonchev–Trinajstić information content (AvgIpc) is 2.41. The molecule has 106 valence electrons. The molecule has 2 aromatic rings. The molecule has 0 spiro atoms. The third-order valence-electron chi connectivity index (χ3n) is 3.22. The number of nitrogens with two attached hydrogens (primary N) is 1. The molecule has 4 heteroatoms. The summed E-state index contributed by atoms with van der Waals surface area (Å²) in [5, 5.41) is 4.08. The Morgan fingerprint density at radius 2 is 1.90 bits per heavy atom. The molecule has 2 rings (SSSR count). The normalized spacial score (nSPS) is 13.8. The molecule has 0 aromatic heterocycles. The standard InChI is InChI=1S/C16H18ClFN2/c1-16(11-19,10-12-3-2-4-14(18)9-12)20-15-7-5-13(17)6-8-15/h2-9,20H,10-11,19H2,1H3. The number of anilines is 1. The predicted octanol–water partition coefficient (Wildman–Crippen LogP) is 3.85. The molecule has 20 heavy (non-hydrogen) atoms. The quantitative estimate of drug-likeness (QED) is 0.878. The first-order chi connectivity index (χ1) is 9.50. The van der Waals surface area contributed by atoms with Crippen molar-refractivity contribution >= 4 is 17.3 Å². The number of rotatable bonds is 5. The zero-order chi connectivity index (χ0) is 14.6. The monoisotopic (exact) mass is 292 g/mol. The van der Waals surface area contributed by atoms with Gasteiger partial charge in [0.25, 0.3) is 0 Å². The highest BCUT2D eigenvalue weighted by Gasteiger charge is 2.22. The van der Waals surface area contributed by atoms with Crippen molar-refractivity contribution in [3.05, 3.63) is 64.9 Å². The van der Waals surface area contributed by atoms with Crippen LogP contribution in [-0.4, -0.2) is 12.1 Å². The van der Waals surface area contributed by atoms with Crippen molar-refractivity contribution in [2.45, 2.75) is 18.9 Å². The molecule has 2 nitrogen and oxygen atoms in total. The average molecular weight is 293 g/mol. The van der Waals surface area contributed by atoms with Crippen LogP contribution < -0.4 is 11.1 Å². The first-order valence-electron chi connectivity index (χ1n) is 6.49. The van der Waals surface area contributed by atoms with E-state index >= 15 is 0 Å². The zero-order valence-corrected chi connectivity index (χ0v) is 12.1. The van der Waals surface area contributed by atoms with Crippen LogP contribution in [0.3, 0.4) is 0 Å². The molecular weight excluding hydrogens is 275 g/mol. The van der Waals surface area contributed by atoms with Crippen molar-refractivity contribution in [3.63, 3.8) is 0 Å². The van der Waals surface area contributed by atoms with E-state index < -0.39 is 0 Å². The van der Waals surface area contributed by atoms with E-state index in [4.69, 9.17) is 17.3 Å². The van der Waals surface area contributed by atoms with E-state index in [1.165, 1.54) is 12.1 Å². The summed E-state index contributed by atoms with van der Waals surface area (Å²) < 4.78 is 13.3. The van der Waals surface area contributed by atoms with E-state index in [-0.39, 0.29) is 11.4 Å². The highest BCUT2D eigenvalue weighted by molar-refractivity contribution is 6.30. The van der Waals surface area contributed by atoms with Gasteiger partial charge in [-0.1, -0.05) is 23.7 Å². The van der Waals surface area contributed by atoms with Gasteiger partial charge in [0, 0.05) is 17.3 Å². The van der Waals surface area contributed by atoms with Crippen molar-refractivity contribution in [3.8, 4) is 0 Å². The molecule has 0 saturated heterocycles. The number of hydrogen-bond donors (Lipinski definition) is 2. The molecule has 0 aliphatic heterocycles. The van der Waals surface area contributed by atoms with Gasteiger partial charge in [-0.2, -0.15) is 0 Å². The minimum atomic E-state index is -0.346. The summed E-state index contributed by atoms with van der Waals surface area (Å²) in [6, 6.07) is 14.0. The van der Waals surface area contributed by atoms with Gasteiger partial charge >= 0.3 is 0 Å². The van der Waals surface area contributed by atoms with E-state index in [0.29, 0.717) is 18.0 Å². The van der Waals surface area contributed by atoms with Crippen LogP contribution in [0.4, 0.5) is 10.1 Å². The summed E-state index contributed by atoms with van der Waals surface area (Å²) in [7, 11) is 0. The molecular formula is C16H18ClFN2. The van der Waals surface area contributed by atoms with E-state index in [2.05, 4.69) is 5.32 Å². The second-order valence-corrected chi connectivity index (χ2v) is 5.64. The molecule has 0 saturated carbocycles. The zero-order valence-electron chi connectivity index (χ0n) is 11.4. The molecule has 0 radical (unpaired) electrons. The van der Waals surface area contributed by atoms with E-state index in [1.54, 1.807) is 6.07 Å². The lowest BCUT2D eigenvalue weighted by Gasteiger charge is -2.31. The van der Waals surface area contributed by atoms with Gasteiger partial charge in [0.05, 0.1) is 5.54 Å². The maximum Gasteiger partial charge on any atom is 0.123 e. The fourth-order valence-corrected chi connectivity index (χ4v) is 2.27. The maximum absolute atomic E-state index is 13.3. The predicted molar refractivity (Wildman–Crippen MR) is 82.6 cm³/mol. The van der Waals surface area contributed by atoms with E-state index in [9.17, 15) is 4.39 Å². The molecule has 2 aromatic carbocycles. The largest absolute Gasteiger partial charge is 0.378 e. The van der Waals surface area contributed by atoms with Gasteiger partial charge in [0.1, 0.15) is 5.82 Å². The van der Waals surface area contributed by atoms with Gasteiger partial charge in [-0.25, -0.2) is 4.39 Å². The highest BCUT2D eigenvalue weighted by Crippen LogP contribution is 2.21. The number of halogens is 2. The first kappa shape index (κ1) is 14.8. The smallest absolute Gasteiger partial charge is 0.123 e. The molecule has 0 aliphatic carbocycles. The van der Waals surface area contributed by atoms with Crippen LogP contribution in [0.15, 0.2) is 48.5 Å². The summed E-state index contributed by atoms with van der Waals surface area (Å²) in [5.74, 6) is -0.228. The van der Waals surface area contributed by atoms with Gasteiger partial charge in [0.15, 0.2) is 0 Å². The van der Waals surface area contributed by atoms with Crippen LogP contribution in [0, 0.1) is 5.82 Å². The Morgan fingerprint density at radius 1 is 1.20 bits per heavy atom. The van der Waals surface area contributed by atoms with Crippen LogP contribution in [0.1, 0.15) is 12.5 Å². The summed E-state index contributed by atoms with van der Waals surface area (Å²) >= 11 is 5.87. The van der Waals surface area contributed by atoms with Crippen LogP contribution in [-0.2, 0) is 6.42 Å². The van der Waals surface area contributed by atoms with Crippen LogP contribution in [0.25, 0.3) is 0 Å². The van der Waals surface area contributed by atoms with Crippen molar-refractivity contribution in [1.82, 2.24) is 0 Å². The molecule has 1 unspecified atom stereocenters. The first-order valence-corrected chi connectivity index (χ1v) is 6.87. The lowest BCUT2D eigenvalue weighted by molar-refractivity contribution is 0.518. The molecule has 0 heterocycles. The number of nitrogens with one attached hydrogen (secondary N) is 1. The maximum atomic E-state index is 13.3. The molecule has 0 fully saturated rings. The topological polar surface area (TPSA) is 38.0 Å². The van der Waals surface area contributed by atoms with Crippen molar-refractivity contribution in [2.75, 3.05) is 11.9 Å². The Balaban J connectivity index is 2.14. The van der Waals surface area contributed by atoms with Crippen LogP contribution >= 0.6 is 11.6 Å². The van der Waals surface area contributed by atoms with Gasteiger partial charge < -0.3 is 11.1 Å². The van der Waals surface area contributed by atoms with Crippen LogP contribution in [0.5, 0.6) is 0 Å². The second kappa shape index (κ2) is 6.25. The third-order valence-corrected chi connectivity index (χ3v) is 3.48. The summed E-state index contributed by atoms with van der Waals surface area (Å²) in [5.41, 5.74) is 7.40. The Hall–Kier alpha value is -1.58. The summed E-state index contributed by atoms with van der Waals surface area (Å²) in [4.78, 5) is 0. The van der Waals surface area contributed by atoms with E-state index in [0.717, 1.165) is 11.3 Å². The number of benzene rings is 2. The van der Waals surface area contributed by atoms with Crippen molar-refractivity contribution in [2.24, 2.45) is 5.73 Å². The molecule has 0 aliphatic rings. The molecule has 1 atom stereocenters. The summed E-state index contributed by atoms with van der Waals surface area (Å²) in [6.07, 6.45) is 0.643. The minimum Gasteiger partial charge on any atom is -0.378 e. The Morgan fingerprint density at radius 3 is 2.50 bits per heavy atom. The van der Waals surface area contributed by atoms with E-state index in [1.807, 2.05) is 37.3 Å². The SMILES string of the molecule is CC(CN)(Cc1cccc(F)c1)Nc1ccc(Cl)cc1. The number of hydrogen-bond acceptors (Lipinski definition) is 2.